The van der Waals surface area contributed by atoms with Crippen LogP contribution in [0.2, 0.25) is 0 Å². The highest BCUT2D eigenvalue weighted by molar-refractivity contribution is 7.98. The first-order valence-electron chi connectivity index (χ1n) is 8.53. The number of fused-ring (bicyclic) bond motifs is 3. The van der Waals surface area contributed by atoms with E-state index in [1.165, 1.54) is 11.8 Å². The van der Waals surface area contributed by atoms with Gasteiger partial charge in [-0.2, -0.15) is 4.98 Å². The summed E-state index contributed by atoms with van der Waals surface area (Å²) >= 11 is 1.45. The van der Waals surface area contributed by atoms with Crippen LogP contribution in [0.25, 0.3) is 16.7 Å². The number of rotatable bonds is 6. The third-order valence-corrected chi connectivity index (χ3v) is 5.02. The Bertz CT molecular complexity index is 1190. The van der Waals surface area contributed by atoms with Crippen molar-refractivity contribution in [1.82, 2.24) is 29.3 Å². The fourth-order valence-electron chi connectivity index (χ4n) is 2.81. The van der Waals surface area contributed by atoms with Crippen LogP contribution in [0.1, 0.15) is 31.5 Å². The molecule has 0 N–H and O–H groups in total. The smallest absolute Gasteiger partial charge is 0.263 e. The van der Waals surface area contributed by atoms with Crippen molar-refractivity contribution < 1.29 is 4.52 Å². The molecule has 0 aliphatic carbocycles. The second kappa shape index (κ2) is 6.99. The first kappa shape index (κ1) is 17.5. The zero-order valence-electron chi connectivity index (χ0n) is 15.0. The summed E-state index contributed by atoms with van der Waals surface area (Å²) in [5.41, 5.74) is 0.656. The third-order valence-electron chi connectivity index (χ3n) is 4.10. The summed E-state index contributed by atoms with van der Waals surface area (Å²) in [5, 5.41) is 13.8. The number of thioether (sulfide) groups is 1. The van der Waals surface area contributed by atoms with Crippen molar-refractivity contribution in [3.05, 3.63) is 59.0 Å². The largest absolute Gasteiger partial charge is 0.339 e. The average molecular weight is 382 g/mol. The molecule has 0 atom stereocenters. The predicted molar refractivity (Wildman–Crippen MR) is 103 cm³/mol. The standard InChI is InChI=1S/C18H18N6O2S/c1-4-9-23-16(25)12-7-5-6-8-13(12)24-17(23)20-21-18(24)27-10-14-19-15(11(2)3)26-22-14/h4-8,11H,1,9-10H2,2-3H3. The summed E-state index contributed by atoms with van der Waals surface area (Å²) in [6, 6.07) is 7.43. The molecule has 3 aromatic heterocycles. The molecule has 138 valence electrons. The van der Waals surface area contributed by atoms with Gasteiger partial charge in [0.2, 0.25) is 11.7 Å². The van der Waals surface area contributed by atoms with E-state index in [1.54, 1.807) is 16.7 Å². The summed E-state index contributed by atoms with van der Waals surface area (Å²) in [4.78, 5) is 17.2. The third kappa shape index (κ3) is 3.03. The van der Waals surface area contributed by atoms with E-state index in [-0.39, 0.29) is 11.5 Å². The Kier molecular flexibility index (Phi) is 4.53. The minimum atomic E-state index is -0.110. The van der Waals surface area contributed by atoms with Crippen LogP contribution >= 0.6 is 11.8 Å². The molecule has 27 heavy (non-hydrogen) atoms. The first-order valence-corrected chi connectivity index (χ1v) is 9.51. The Labute approximate surface area is 158 Å². The topological polar surface area (TPSA) is 91.1 Å². The lowest BCUT2D eigenvalue weighted by molar-refractivity contribution is 0.362. The van der Waals surface area contributed by atoms with E-state index in [4.69, 9.17) is 4.52 Å². The van der Waals surface area contributed by atoms with Gasteiger partial charge in [-0.05, 0) is 12.1 Å². The maximum atomic E-state index is 12.8. The zero-order valence-corrected chi connectivity index (χ0v) is 15.8. The molecule has 0 bridgehead atoms. The summed E-state index contributed by atoms with van der Waals surface area (Å²) in [6.07, 6.45) is 1.67. The summed E-state index contributed by atoms with van der Waals surface area (Å²) in [7, 11) is 0. The molecule has 0 saturated carbocycles. The van der Waals surface area contributed by atoms with E-state index in [1.807, 2.05) is 36.4 Å². The quantitative estimate of drug-likeness (QED) is 0.374. The minimum absolute atomic E-state index is 0.110. The van der Waals surface area contributed by atoms with Gasteiger partial charge >= 0.3 is 0 Å². The summed E-state index contributed by atoms with van der Waals surface area (Å²) in [5.74, 6) is 2.37. The molecule has 0 fully saturated rings. The van der Waals surface area contributed by atoms with E-state index in [0.717, 1.165) is 5.52 Å². The normalized spacial score (nSPS) is 11.7. The Hall–Kier alpha value is -2.94. The van der Waals surface area contributed by atoms with Crippen LogP contribution < -0.4 is 5.56 Å². The van der Waals surface area contributed by atoms with Gasteiger partial charge in [0.1, 0.15) is 0 Å². The number of benzene rings is 1. The molecule has 9 heteroatoms. The molecule has 0 amide bonds. The number of aromatic nitrogens is 6. The van der Waals surface area contributed by atoms with Gasteiger partial charge in [-0.3, -0.25) is 13.8 Å². The lowest BCUT2D eigenvalue weighted by atomic mass is 10.2. The number of hydrogen-bond acceptors (Lipinski definition) is 7. The molecule has 0 saturated heterocycles. The average Bonchev–Trinajstić information content (AvgIpc) is 3.30. The van der Waals surface area contributed by atoms with Crippen molar-refractivity contribution in [1.29, 1.82) is 0 Å². The van der Waals surface area contributed by atoms with E-state index in [2.05, 4.69) is 26.9 Å². The van der Waals surface area contributed by atoms with Crippen molar-refractivity contribution in [2.75, 3.05) is 0 Å². The summed E-state index contributed by atoms with van der Waals surface area (Å²) < 4.78 is 8.70. The molecular weight excluding hydrogens is 364 g/mol. The highest BCUT2D eigenvalue weighted by Gasteiger charge is 2.17. The second-order valence-electron chi connectivity index (χ2n) is 6.33. The summed E-state index contributed by atoms with van der Waals surface area (Å²) in [6.45, 7) is 8.10. The number of allylic oxidation sites excluding steroid dienone is 1. The van der Waals surface area contributed by atoms with Crippen LogP contribution in [0.15, 0.2) is 51.4 Å². The van der Waals surface area contributed by atoms with Crippen LogP contribution in [0.4, 0.5) is 0 Å². The molecule has 0 aliphatic heterocycles. The SMILES string of the molecule is C=CCn1c(=O)c2ccccc2n2c(SCc3noc(C(C)C)n3)nnc12. The highest BCUT2D eigenvalue weighted by Crippen LogP contribution is 2.24. The van der Waals surface area contributed by atoms with E-state index in [0.29, 0.717) is 40.3 Å². The van der Waals surface area contributed by atoms with Gasteiger partial charge in [0, 0.05) is 12.5 Å². The van der Waals surface area contributed by atoms with Gasteiger partial charge in [0.25, 0.3) is 5.56 Å². The van der Waals surface area contributed by atoms with Gasteiger partial charge < -0.3 is 4.52 Å². The fraction of sp³-hybridized carbons (Fsp3) is 0.278. The van der Waals surface area contributed by atoms with Crippen LogP contribution in [0.5, 0.6) is 0 Å². The van der Waals surface area contributed by atoms with Crippen LogP contribution in [0.3, 0.4) is 0 Å². The molecular formula is C18H18N6O2S. The zero-order chi connectivity index (χ0) is 19.0. The molecule has 0 radical (unpaired) electrons. The highest BCUT2D eigenvalue weighted by atomic mass is 32.2. The fourth-order valence-corrected chi connectivity index (χ4v) is 3.59. The second-order valence-corrected chi connectivity index (χ2v) is 7.27. The molecule has 3 heterocycles. The molecule has 4 rings (SSSR count). The first-order chi connectivity index (χ1) is 13.1. The van der Waals surface area contributed by atoms with Crippen LogP contribution in [-0.4, -0.2) is 29.3 Å². The van der Waals surface area contributed by atoms with Gasteiger partial charge in [0.05, 0.1) is 16.7 Å². The molecule has 0 aliphatic rings. The Morgan fingerprint density at radius 1 is 1.30 bits per heavy atom. The maximum Gasteiger partial charge on any atom is 0.263 e. The Balaban J connectivity index is 1.79. The van der Waals surface area contributed by atoms with E-state index >= 15 is 0 Å². The van der Waals surface area contributed by atoms with Gasteiger partial charge in [0.15, 0.2) is 11.0 Å². The lowest BCUT2D eigenvalue weighted by Gasteiger charge is -2.09. The van der Waals surface area contributed by atoms with Crippen molar-refractivity contribution in [3.63, 3.8) is 0 Å². The van der Waals surface area contributed by atoms with Crippen LogP contribution in [0, 0.1) is 0 Å². The Morgan fingerprint density at radius 2 is 2.11 bits per heavy atom. The van der Waals surface area contributed by atoms with Crippen molar-refractivity contribution in [2.24, 2.45) is 0 Å². The van der Waals surface area contributed by atoms with Crippen molar-refractivity contribution in [2.45, 2.75) is 37.2 Å². The van der Waals surface area contributed by atoms with E-state index in [9.17, 15) is 4.79 Å². The van der Waals surface area contributed by atoms with Gasteiger partial charge in [-0.1, -0.05) is 49.0 Å². The van der Waals surface area contributed by atoms with Gasteiger partial charge in [-0.15, -0.1) is 16.8 Å². The van der Waals surface area contributed by atoms with Gasteiger partial charge in [-0.25, -0.2) is 0 Å². The molecule has 0 unspecified atom stereocenters. The van der Waals surface area contributed by atoms with E-state index < -0.39 is 0 Å². The minimum Gasteiger partial charge on any atom is -0.339 e. The molecule has 4 aromatic rings. The number of nitrogens with zero attached hydrogens (tertiary/aromatic N) is 6. The number of para-hydroxylation sites is 1. The Morgan fingerprint density at radius 3 is 2.85 bits per heavy atom. The predicted octanol–water partition coefficient (Wildman–Crippen LogP) is 3.03. The van der Waals surface area contributed by atoms with Crippen molar-refractivity contribution in [3.8, 4) is 0 Å². The van der Waals surface area contributed by atoms with Crippen molar-refractivity contribution >= 4 is 28.4 Å². The molecule has 8 nitrogen and oxygen atoms in total. The lowest BCUT2D eigenvalue weighted by Crippen LogP contribution is -2.22. The number of hydrogen-bond donors (Lipinski definition) is 0. The monoisotopic (exact) mass is 382 g/mol. The van der Waals surface area contributed by atoms with Crippen LogP contribution in [-0.2, 0) is 12.3 Å². The molecule has 0 spiro atoms. The maximum absolute atomic E-state index is 12.8. The molecule has 1 aromatic carbocycles.